The first kappa shape index (κ1) is 20.6. The van der Waals surface area contributed by atoms with Crippen molar-refractivity contribution in [2.75, 3.05) is 19.6 Å². The van der Waals surface area contributed by atoms with Gasteiger partial charge in [0.05, 0.1) is 0 Å². The predicted molar refractivity (Wildman–Crippen MR) is 125 cm³/mol. The number of rotatable bonds is 7. The molecule has 0 unspecified atom stereocenters. The molecule has 0 bridgehead atoms. The fraction of sp³-hybridized carbons (Fsp3) is 0.222. The van der Waals surface area contributed by atoms with E-state index in [4.69, 9.17) is 11.6 Å². The zero-order valence-electron chi connectivity index (χ0n) is 17.1. The molecular formula is C27H26ClNO. The lowest BCUT2D eigenvalue weighted by Gasteiger charge is -2.26. The molecule has 0 amide bonds. The second-order valence-electron chi connectivity index (χ2n) is 7.78. The Morgan fingerprint density at radius 1 is 0.900 bits per heavy atom. The van der Waals surface area contributed by atoms with Crippen LogP contribution in [-0.4, -0.2) is 30.3 Å². The van der Waals surface area contributed by atoms with Crippen LogP contribution in [-0.2, 0) is 6.42 Å². The third-order valence-electron chi connectivity index (χ3n) is 5.72. The first-order valence-corrected chi connectivity index (χ1v) is 10.9. The molecule has 152 valence electrons. The first-order valence-electron chi connectivity index (χ1n) is 10.5. The number of carbonyl (C=O) groups is 1. The zero-order valence-corrected chi connectivity index (χ0v) is 17.8. The molecule has 2 nitrogen and oxygen atoms in total. The molecule has 3 aromatic carbocycles. The van der Waals surface area contributed by atoms with E-state index in [1.54, 1.807) is 0 Å². The smallest absolute Gasteiger partial charge is 0.164 e. The van der Waals surface area contributed by atoms with E-state index in [2.05, 4.69) is 35.2 Å². The standard InChI is InChI=1S/C27H26ClNO/c28-26-9-5-4-8-25(26)20-21-10-12-24(13-11-21)27(30)16-19-29-17-14-23(15-18-29)22-6-2-1-3-7-22/h1-14H,15-20H2. The molecule has 4 rings (SSSR count). The summed E-state index contributed by atoms with van der Waals surface area (Å²) in [6.07, 6.45) is 4.66. The van der Waals surface area contributed by atoms with E-state index in [1.165, 1.54) is 11.1 Å². The van der Waals surface area contributed by atoms with E-state index in [1.807, 2.05) is 54.6 Å². The van der Waals surface area contributed by atoms with Crippen molar-refractivity contribution in [3.05, 3.63) is 112 Å². The summed E-state index contributed by atoms with van der Waals surface area (Å²) in [6, 6.07) is 26.4. The van der Waals surface area contributed by atoms with Gasteiger partial charge in [-0.25, -0.2) is 0 Å². The molecule has 1 aliphatic rings. The minimum Gasteiger partial charge on any atom is -0.299 e. The third kappa shape index (κ3) is 5.27. The summed E-state index contributed by atoms with van der Waals surface area (Å²) < 4.78 is 0. The number of hydrogen-bond acceptors (Lipinski definition) is 2. The van der Waals surface area contributed by atoms with E-state index in [0.717, 1.165) is 54.2 Å². The van der Waals surface area contributed by atoms with Crippen molar-refractivity contribution < 1.29 is 4.79 Å². The lowest BCUT2D eigenvalue weighted by molar-refractivity contribution is 0.0966. The molecular weight excluding hydrogens is 390 g/mol. The number of Topliss-reactive ketones (excluding diaryl/α,β-unsaturated/α-hetero) is 1. The van der Waals surface area contributed by atoms with Crippen LogP contribution in [0.15, 0.2) is 84.9 Å². The van der Waals surface area contributed by atoms with Gasteiger partial charge in [0.25, 0.3) is 0 Å². The van der Waals surface area contributed by atoms with Gasteiger partial charge in [0.1, 0.15) is 0 Å². The molecule has 0 spiro atoms. The Hall–Kier alpha value is -2.68. The maximum absolute atomic E-state index is 12.6. The van der Waals surface area contributed by atoms with Gasteiger partial charge in [0, 0.05) is 36.6 Å². The SMILES string of the molecule is O=C(CCN1CC=C(c2ccccc2)CC1)c1ccc(Cc2ccccc2Cl)cc1. The summed E-state index contributed by atoms with van der Waals surface area (Å²) in [6.45, 7) is 2.72. The summed E-state index contributed by atoms with van der Waals surface area (Å²) in [7, 11) is 0. The van der Waals surface area contributed by atoms with Crippen molar-refractivity contribution in [3.8, 4) is 0 Å². The molecule has 0 aliphatic carbocycles. The van der Waals surface area contributed by atoms with Gasteiger partial charge in [-0.3, -0.25) is 9.69 Å². The Morgan fingerprint density at radius 2 is 1.63 bits per heavy atom. The van der Waals surface area contributed by atoms with E-state index in [0.29, 0.717) is 6.42 Å². The summed E-state index contributed by atoms with van der Waals surface area (Å²) >= 11 is 6.25. The van der Waals surface area contributed by atoms with Crippen LogP contribution in [0.25, 0.3) is 5.57 Å². The van der Waals surface area contributed by atoms with Crippen LogP contribution in [0.2, 0.25) is 5.02 Å². The number of ketones is 1. The van der Waals surface area contributed by atoms with Crippen molar-refractivity contribution in [1.29, 1.82) is 0 Å². The quantitative estimate of drug-likeness (QED) is 0.422. The molecule has 30 heavy (non-hydrogen) atoms. The zero-order chi connectivity index (χ0) is 20.8. The van der Waals surface area contributed by atoms with Crippen LogP contribution in [0.4, 0.5) is 0 Å². The van der Waals surface area contributed by atoms with Crippen LogP contribution in [0.3, 0.4) is 0 Å². The van der Waals surface area contributed by atoms with Crippen molar-refractivity contribution in [2.45, 2.75) is 19.3 Å². The van der Waals surface area contributed by atoms with E-state index in [9.17, 15) is 4.79 Å². The molecule has 0 aromatic heterocycles. The van der Waals surface area contributed by atoms with Crippen LogP contribution >= 0.6 is 11.6 Å². The van der Waals surface area contributed by atoms with Crippen LogP contribution in [0, 0.1) is 0 Å². The second-order valence-corrected chi connectivity index (χ2v) is 8.19. The highest BCUT2D eigenvalue weighted by atomic mass is 35.5. The molecule has 3 heteroatoms. The largest absolute Gasteiger partial charge is 0.299 e. The molecule has 1 aliphatic heterocycles. The molecule has 0 fully saturated rings. The topological polar surface area (TPSA) is 20.3 Å². The van der Waals surface area contributed by atoms with Gasteiger partial charge in [-0.15, -0.1) is 0 Å². The summed E-state index contributed by atoms with van der Waals surface area (Å²) in [4.78, 5) is 15.0. The van der Waals surface area contributed by atoms with Gasteiger partial charge in [-0.2, -0.15) is 0 Å². The van der Waals surface area contributed by atoms with Crippen molar-refractivity contribution in [3.63, 3.8) is 0 Å². The Balaban J connectivity index is 1.28. The Bertz CT molecular complexity index is 1020. The monoisotopic (exact) mass is 415 g/mol. The number of hydrogen-bond donors (Lipinski definition) is 0. The molecule has 0 atom stereocenters. The van der Waals surface area contributed by atoms with Crippen molar-refractivity contribution in [2.24, 2.45) is 0 Å². The number of halogens is 1. The predicted octanol–water partition coefficient (Wildman–Crippen LogP) is 6.29. The molecule has 0 saturated heterocycles. The maximum Gasteiger partial charge on any atom is 0.164 e. The van der Waals surface area contributed by atoms with Gasteiger partial charge in [-0.05, 0) is 41.2 Å². The molecule has 1 heterocycles. The average molecular weight is 416 g/mol. The number of benzene rings is 3. The lowest BCUT2D eigenvalue weighted by atomic mass is 9.99. The highest BCUT2D eigenvalue weighted by Gasteiger charge is 2.15. The summed E-state index contributed by atoms with van der Waals surface area (Å²) in [5.74, 6) is 0.206. The normalized spacial score (nSPS) is 14.4. The van der Waals surface area contributed by atoms with E-state index < -0.39 is 0 Å². The fourth-order valence-corrected chi connectivity index (χ4v) is 4.11. The van der Waals surface area contributed by atoms with Gasteiger partial charge in [-0.1, -0.05) is 90.5 Å². The maximum atomic E-state index is 12.6. The first-order chi connectivity index (χ1) is 14.7. The minimum atomic E-state index is 0.206. The highest BCUT2D eigenvalue weighted by Crippen LogP contribution is 2.22. The molecule has 3 aromatic rings. The second kappa shape index (κ2) is 9.88. The average Bonchev–Trinajstić information content (AvgIpc) is 2.80. The van der Waals surface area contributed by atoms with E-state index in [-0.39, 0.29) is 5.78 Å². The Kier molecular flexibility index (Phi) is 6.78. The summed E-state index contributed by atoms with van der Waals surface area (Å²) in [5, 5.41) is 0.781. The van der Waals surface area contributed by atoms with Gasteiger partial charge >= 0.3 is 0 Å². The number of carbonyl (C=O) groups excluding carboxylic acids is 1. The number of nitrogens with zero attached hydrogens (tertiary/aromatic N) is 1. The van der Waals surface area contributed by atoms with Gasteiger partial charge in [0.15, 0.2) is 5.78 Å². The van der Waals surface area contributed by atoms with Gasteiger partial charge in [0.2, 0.25) is 0 Å². The van der Waals surface area contributed by atoms with Crippen LogP contribution in [0.5, 0.6) is 0 Å². The Morgan fingerprint density at radius 3 is 2.33 bits per heavy atom. The van der Waals surface area contributed by atoms with Crippen molar-refractivity contribution >= 4 is 23.0 Å². The lowest BCUT2D eigenvalue weighted by Crippen LogP contribution is -2.30. The Labute approximate surface area is 183 Å². The van der Waals surface area contributed by atoms with Crippen LogP contribution in [0.1, 0.15) is 39.9 Å². The van der Waals surface area contributed by atoms with Crippen molar-refractivity contribution in [1.82, 2.24) is 4.90 Å². The molecule has 0 radical (unpaired) electrons. The van der Waals surface area contributed by atoms with E-state index >= 15 is 0 Å². The highest BCUT2D eigenvalue weighted by molar-refractivity contribution is 6.31. The fourth-order valence-electron chi connectivity index (χ4n) is 3.90. The van der Waals surface area contributed by atoms with Gasteiger partial charge < -0.3 is 0 Å². The third-order valence-corrected chi connectivity index (χ3v) is 6.09. The molecule has 0 N–H and O–H groups in total. The van der Waals surface area contributed by atoms with Crippen LogP contribution < -0.4 is 0 Å². The minimum absolute atomic E-state index is 0.206. The molecule has 0 saturated carbocycles. The summed E-state index contributed by atoms with van der Waals surface area (Å²) in [5.41, 5.74) is 5.77.